The molecular formula is C40H43N3O6. The third-order valence-corrected chi connectivity index (χ3v) is 9.19. The van der Waals surface area contributed by atoms with Gasteiger partial charge >= 0.3 is 5.97 Å². The second kappa shape index (κ2) is 15.7. The van der Waals surface area contributed by atoms with Gasteiger partial charge in [0.2, 0.25) is 0 Å². The molecule has 49 heavy (non-hydrogen) atoms. The molecule has 0 radical (unpaired) electrons. The van der Waals surface area contributed by atoms with Crippen molar-refractivity contribution in [2.24, 2.45) is 0 Å². The molecule has 1 aliphatic rings. The van der Waals surface area contributed by atoms with E-state index in [0.29, 0.717) is 35.6 Å². The number of rotatable bonds is 15. The molecule has 9 nitrogen and oxygen atoms in total. The predicted octanol–water partition coefficient (Wildman–Crippen LogP) is 7.09. The van der Waals surface area contributed by atoms with Crippen LogP contribution in [0.5, 0.6) is 17.2 Å². The van der Waals surface area contributed by atoms with Crippen molar-refractivity contribution in [2.45, 2.75) is 31.9 Å². The van der Waals surface area contributed by atoms with Crippen LogP contribution in [0, 0.1) is 0 Å². The molecule has 2 heterocycles. The van der Waals surface area contributed by atoms with Crippen molar-refractivity contribution < 1.29 is 28.9 Å². The Kier molecular flexibility index (Phi) is 10.8. The molecule has 1 aliphatic heterocycles. The summed E-state index contributed by atoms with van der Waals surface area (Å²) in [6.45, 7) is 5.09. The van der Waals surface area contributed by atoms with Crippen molar-refractivity contribution in [3.63, 3.8) is 0 Å². The fraction of sp³-hybridized carbons (Fsp3) is 0.300. The normalized spacial score (nSPS) is 14.0. The van der Waals surface area contributed by atoms with Gasteiger partial charge in [0.25, 0.3) is 0 Å². The first kappa shape index (κ1) is 33.6. The minimum atomic E-state index is -0.834. The highest BCUT2D eigenvalue weighted by Crippen LogP contribution is 2.35. The number of carbonyl (C=O) groups is 2. The summed E-state index contributed by atoms with van der Waals surface area (Å²) in [4.78, 5) is 29.8. The average molecular weight is 662 g/mol. The number of methoxy groups -OCH3 is 2. The Labute approximate surface area is 287 Å². The van der Waals surface area contributed by atoms with Gasteiger partial charge in [0.15, 0.2) is 17.3 Å². The Hall–Kier alpha value is -5.28. The molecule has 1 aromatic heterocycles. The topological polar surface area (TPSA) is 93.5 Å². The second-order valence-corrected chi connectivity index (χ2v) is 12.3. The van der Waals surface area contributed by atoms with Crippen molar-refractivity contribution in [1.82, 2.24) is 9.47 Å². The zero-order valence-electron chi connectivity index (χ0n) is 28.1. The lowest BCUT2D eigenvalue weighted by Crippen LogP contribution is -2.47. The number of ketones is 1. The largest absolute Gasteiger partial charge is 0.495 e. The van der Waals surface area contributed by atoms with Crippen molar-refractivity contribution in [3.05, 3.63) is 120 Å². The van der Waals surface area contributed by atoms with Crippen molar-refractivity contribution in [2.75, 3.05) is 51.8 Å². The van der Waals surface area contributed by atoms with Gasteiger partial charge in [-0.05, 0) is 48.4 Å². The van der Waals surface area contributed by atoms with Gasteiger partial charge in [0, 0.05) is 80.3 Å². The number of hydrogen-bond acceptors (Lipinski definition) is 7. The standard InChI is InChI=1S/C40H43N3O6/c1-47-36-16-9-8-15-34(36)42-25-23-41(24-26-42)22-20-35(29-11-4-3-5-12-29)49-37-19-18-30(27-38(37)48-2)40(46)32-28-43(21-10-17-39(44)45)33-14-7-6-13-31(32)33/h3-9,11-16,18-19,27-28,35H,10,17,20-26H2,1-2H3,(H,44,45). The molecule has 0 aliphatic carbocycles. The van der Waals surface area contributed by atoms with Crippen LogP contribution in [0.15, 0.2) is 103 Å². The number of anilines is 1. The van der Waals surface area contributed by atoms with Gasteiger partial charge in [0.1, 0.15) is 11.9 Å². The highest BCUT2D eigenvalue weighted by molar-refractivity contribution is 6.16. The minimum Gasteiger partial charge on any atom is -0.495 e. The van der Waals surface area contributed by atoms with E-state index in [4.69, 9.17) is 19.3 Å². The fourth-order valence-electron chi connectivity index (χ4n) is 6.59. The number of piperazine rings is 1. The summed E-state index contributed by atoms with van der Waals surface area (Å²) in [5, 5.41) is 9.92. The first-order valence-corrected chi connectivity index (χ1v) is 16.8. The van der Waals surface area contributed by atoms with E-state index in [-0.39, 0.29) is 18.3 Å². The van der Waals surface area contributed by atoms with Crippen molar-refractivity contribution in [1.29, 1.82) is 0 Å². The molecule has 5 aromatic rings. The minimum absolute atomic E-state index is 0.0684. The number of carbonyl (C=O) groups excluding carboxylic acids is 1. The summed E-state index contributed by atoms with van der Waals surface area (Å²) in [7, 11) is 3.30. The summed E-state index contributed by atoms with van der Waals surface area (Å²) in [5.74, 6) is 0.993. The van der Waals surface area contributed by atoms with E-state index in [1.807, 2.05) is 71.4 Å². The van der Waals surface area contributed by atoms with Crippen LogP contribution >= 0.6 is 0 Å². The zero-order chi connectivity index (χ0) is 34.2. The number of aliphatic carboxylic acids is 1. The van der Waals surface area contributed by atoms with E-state index < -0.39 is 5.97 Å². The Bertz CT molecular complexity index is 1880. The summed E-state index contributed by atoms with van der Waals surface area (Å²) >= 11 is 0. The Morgan fingerprint density at radius 3 is 2.24 bits per heavy atom. The van der Waals surface area contributed by atoms with Gasteiger partial charge in [-0.15, -0.1) is 0 Å². The van der Waals surface area contributed by atoms with E-state index in [9.17, 15) is 9.59 Å². The molecular weight excluding hydrogens is 618 g/mol. The summed E-state index contributed by atoms with van der Waals surface area (Å²) in [6, 6.07) is 31.4. The third kappa shape index (κ3) is 7.90. The highest BCUT2D eigenvalue weighted by atomic mass is 16.5. The second-order valence-electron chi connectivity index (χ2n) is 12.3. The van der Waals surface area contributed by atoms with Crippen LogP contribution in [-0.2, 0) is 11.3 Å². The molecule has 0 spiro atoms. The summed E-state index contributed by atoms with van der Waals surface area (Å²) in [6.07, 6.45) is 2.94. The quantitative estimate of drug-likeness (QED) is 0.119. The van der Waals surface area contributed by atoms with Crippen LogP contribution in [0.1, 0.15) is 46.9 Å². The lowest BCUT2D eigenvalue weighted by Gasteiger charge is -2.37. The number of carboxylic acid groups (broad SMARTS) is 1. The molecule has 0 amide bonds. The first-order chi connectivity index (χ1) is 23.9. The lowest BCUT2D eigenvalue weighted by atomic mass is 10.0. The van der Waals surface area contributed by atoms with E-state index in [0.717, 1.165) is 67.0 Å². The molecule has 1 saturated heterocycles. The Morgan fingerprint density at radius 1 is 0.776 bits per heavy atom. The van der Waals surface area contributed by atoms with E-state index >= 15 is 0 Å². The van der Waals surface area contributed by atoms with Crippen LogP contribution in [0.2, 0.25) is 0 Å². The van der Waals surface area contributed by atoms with Crippen LogP contribution in [0.4, 0.5) is 5.69 Å². The molecule has 1 N–H and O–H groups in total. The van der Waals surface area contributed by atoms with Crippen LogP contribution < -0.4 is 19.1 Å². The maximum atomic E-state index is 13.9. The number of ether oxygens (including phenoxy) is 3. The number of para-hydroxylation sites is 3. The monoisotopic (exact) mass is 661 g/mol. The number of benzene rings is 4. The molecule has 1 fully saturated rings. The molecule has 254 valence electrons. The number of nitrogens with zero attached hydrogens (tertiary/aromatic N) is 3. The highest BCUT2D eigenvalue weighted by Gasteiger charge is 2.24. The molecule has 0 bridgehead atoms. The Balaban J connectivity index is 1.16. The van der Waals surface area contributed by atoms with Gasteiger partial charge in [0.05, 0.1) is 19.9 Å². The number of fused-ring (bicyclic) bond motifs is 1. The van der Waals surface area contributed by atoms with Crippen LogP contribution in [0.25, 0.3) is 10.9 Å². The number of hydrogen-bond donors (Lipinski definition) is 1. The summed E-state index contributed by atoms with van der Waals surface area (Å²) < 4.78 is 20.0. The zero-order valence-corrected chi connectivity index (χ0v) is 28.1. The van der Waals surface area contributed by atoms with Gasteiger partial charge < -0.3 is 28.8 Å². The molecule has 6 rings (SSSR count). The van der Waals surface area contributed by atoms with Crippen LogP contribution in [0.3, 0.4) is 0 Å². The molecule has 1 unspecified atom stereocenters. The van der Waals surface area contributed by atoms with E-state index in [2.05, 4.69) is 34.1 Å². The average Bonchev–Trinajstić information content (AvgIpc) is 3.51. The van der Waals surface area contributed by atoms with Crippen molar-refractivity contribution in [3.8, 4) is 17.2 Å². The summed E-state index contributed by atoms with van der Waals surface area (Å²) in [5.41, 5.74) is 4.16. The Morgan fingerprint density at radius 2 is 1.49 bits per heavy atom. The van der Waals surface area contributed by atoms with Crippen LogP contribution in [-0.4, -0.2) is 73.3 Å². The van der Waals surface area contributed by atoms with E-state index in [1.165, 1.54) is 0 Å². The van der Waals surface area contributed by atoms with Gasteiger partial charge in [-0.1, -0.05) is 60.7 Å². The SMILES string of the molecule is COc1cc(C(=O)c2cn(CCCC(=O)O)c3ccccc23)ccc1OC(CCN1CCN(c2ccccc2OC)CC1)c1ccccc1. The van der Waals surface area contributed by atoms with Crippen molar-refractivity contribution >= 4 is 28.3 Å². The third-order valence-electron chi connectivity index (χ3n) is 9.19. The number of carboxylic acids is 1. The lowest BCUT2D eigenvalue weighted by molar-refractivity contribution is -0.137. The predicted molar refractivity (Wildman–Crippen MR) is 191 cm³/mol. The number of aryl methyl sites for hydroxylation is 1. The molecule has 1 atom stereocenters. The maximum absolute atomic E-state index is 13.9. The fourth-order valence-corrected chi connectivity index (χ4v) is 6.59. The molecule has 0 saturated carbocycles. The van der Waals surface area contributed by atoms with E-state index in [1.54, 1.807) is 26.4 Å². The molecule has 9 heteroatoms. The van der Waals surface area contributed by atoms with Gasteiger partial charge in [-0.3, -0.25) is 14.5 Å². The van der Waals surface area contributed by atoms with Gasteiger partial charge in [-0.25, -0.2) is 0 Å². The first-order valence-electron chi connectivity index (χ1n) is 16.8. The maximum Gasteiger partial charge on any atom is 0.303 e. The molecule has 4 aromatic carbocycles. The smallest absolute Gasteiger partial charge is 0.303 e. The number of aromatic nitrogens is 1. The van der Waals surface area contributed by atoms with Gasteiger partial charge in [-0.2, -0.15) is 0 Å².